The Morgan fingerprint density at radius 1 is 1.21 bits per heavy atom. The van der Waals surface area contributed by atoms with Crippen LogP contribution in [0.5, 0.6) is 0 Å². The Bertz CT molecular complexity index is 552. The second kappa shape index (κ2) is 5.91. The molecule has 1 aromatic rings. The monoisotopic (exact) mass is 346 g/mol. The lowest BCUT2D eigenvalue weighted by atomic mass is 10.2. The zero-order valence-electron chi connectivity index (χ0n) is 11.3. The van der Waals surface area contributed by atoms with Crippen LogP contribution in [0.2, 0.25) is 0 Å². The topological polar surface area (TPSA) is 40.6 Å². The Hall–Kier alpha value is -0.430. The molecule has 1 aromatic carbocycles. The lowest BCUT2D eigenvalue weighted by molar-refractivity contribution is 0.196. The first-order chi connectivity index (χ1) is 8.95. The molecule has 2 rings (SSSR count). The van der Waals surface area contributed by atoms with Gasteiger partial charge in [-0.25, -0.2) is 8.42 Å². The Morgan fingerprint density at radius 3 is 2.37 bits per heavy atom. The Labute approximate surface area is 123 Å². The van der Waals surface area contributed by atoms with Crippen LogP contribution < -0.4 is 0 Å². The molecule has 0 aromatic heterocycles. The van der Waals surface area contributed by atoms with E-state index in [1.54, 1.807) is 16.4 Å². The van der Waals surface area contributed by atoms with Gasteiger partial charge in [-0.2, -0.15) is 4.31 Å². The second-order valence-electron chi connectivity index (χ2n) is 4.75. The fourth-order valence-corrected chi connectivity index (χ4v) is 4.15. The molecule has 0 unspecified atom stereocenters. The molecular weight excluding hydrogens is 328 g/mol. The summed E-state index contributed by atoms with van der Waals surface area (Å²) < 4.78 is 27.5. The van der Waals surface area contributed by atoms with Crippen molar-refractivity contribution in [1.82, 2.24) is 9.21 Å². The molecule has 0 aliphatic carbocycles. The van der Waals surface area contributed by atoms with Crippen molar-refractivity contribution < 1.29 is 8.42 Å². The maximum Gasteiger partial charge on any atom is 0.243 e. The molecule has 0 bridgehead atoms. The molecule has 0 atom stereocenters. The molecule has 1 heterocycles. The summed E-state index contributed by atoms with van der Waals surface area (Å²) in [6, 6.07) is 5.21. The first kappa shape index (κ1) is 15.0. The third-order valence-electron chi connectivity index (χ3n) is 3.56. The molecule has 1 saturated heterocycles. The second-order valence-corrected chi connectivity index (χ2v) is 7.54. The van der Waals surface area contributed by atoms with Gasteiger partial charge in [-0.15, -0.1) is 0 Å². The van der Waals surface area contributed by atoms with Crippen LogP contribution in [0.3, 0.4) is 0 Å². The summed E-state index contributed by atoms with van der Waals surface area (Å²) in [5.74, 6) is 0. The third-order valence-corrected chi connectivity index (χ3v) is 6.31. The van der Waals surface area contributed by atoms with Crippen LogP contribution in [0.15, 0.2) is 27.6 Å². The van der Waals surface area contributed by atoms with Gasteiger partial charge < -0.3 is 4.90 Å². The maximum absolute atomic E-state index is 12.5. The average molecular weight is 347 g/mol. The van der Waals surface area contributed by atoms with E-state index in [-0.39, 0.29) is 0 Å². The lowest BCUT2D eigenvalue weighted by Crippen LogP contribution is -2.48. The molecule has 19 heavy (non-hydrogen) atoms. The number of hydrogen-bond donors (Lipinski definition) is 0. The molecule has 1 fully saturated rings. The number of aryl methyl sites for hydroxylation is 1. The predicted molar refractivity (Wildman–Crippen MR) is 79.8 cm³/mol. The summed E-state index contributed by atoms with van der Waals surface area (Å²) in [5.41, 5.74) is 1.04. The number of likely N-dealkylation sites (N-methyl/N-ethyl adjacent to an activating group) is 1. The molecule has 0 radical (unpaired) electrons. The Morgan fingerprint density at radius 2 is 1.84 bits per heavy atom. The standard InChI is InChI=1S/C13H19BrN2O2S/c1-3-15-6-8-16(9-7-15)19(17,18)12-5-4-11(2)13(14)10-12/h4-5,10H,3,6-9H2,1-2H3. The molecule has 4 nitrogen and oxygen atoms in total. The first-order valence-corrected chi connectivity index (χ1v) is 8.67. The highest BCUT2D eigenvalue weighted by molar-refractivity contribution is 9.10. The molecule has 0 N–H and O–H groups in total. The van der Waals surface area contributed by atoms with E-state index in [4.69, 9.17) is 0 Å². The van der Waals surface area contributed by atoms with E-state index in [2.05, 4.69) is 27.8 Å². The largest absolute Gasteiger partial charge is 0.301 e. The van der Waals surface area contributed by atoms with Crippen molar-refractivity contribution in [1.29, 1.82) is 0 Å². The maximum atomic E-state index is 12.5. The van der Waals surface area contributed by atoms with Gasteiger partial charge in [-0.3, -0.25) is 0 Å². The minimum atomic E-state index is -3.36. The fraction of sp³-hybridized carbons (Fsp3) is 0.538. The minimum Gasteiger partial charge on any atom is -0.301 e. The zero-order chi connectivity index (χ0) is 14.0. The SMILES string of the molecule is CCN1CCN(S(=O)(=O)c2ccc(C)c(Br)c2)CC1. The van der Waals surface area contributed by atoms with E-state index < -0.39 is 10.0 Å². The molecule has 0 spiro atoms. The van der Waals surface area contributed by atoms with E-state index in [1.165, 1.54) is 0 Å². The number of benzene rings is 1. The van der Waals surface area contributed by atoms with Crippen LogP contribution in [-0.4, -0.2) is 50.3 Å². The number of sulfonamides is 1. The molecular formula is C13H19BrN2O2S. The van der Waals surface area contributed by atoms with Gasteiger partial charge in [-0.1, -0.05) is 28.9 Å². The summed E-state index contributed by atoms with van der Waals surface area (Å²) in [6.45, 7) is 7.78. The highest BCUT2D eigenvalue weighted by Crippen LogP contribution is 2.23. The van der Waals surface area contributed by atoms with Crippen molar-refractivity contribution >= 4 is 26.0 Å². The fourth-order valence-electron chi connectivity index (χ4n) is 2.17. The van der Waals surface area contributed by atoms with Crippen molar-refractivity contribution in [3.8, 4) is 0 Å². The van der Waals surface area contributed by atoms with Gasteiger partial charge in [0.2, 0.25) is 10.0 Å². The molecule has 6 heteroatoms. The molecule has 1 aliphatic rings. The number of piperazine rings is 1. The van der Waals surface area contributed by atoms with E-state index >= 15 is 0 Å². The number of hydrogen-bond acceptors (Lipinski definition) is 3. The molecule has 0 saturated carbocycles. The van der Waals surface area contributed by atoms with Gasteiger partial charge in [0.25, 0.3) is 0 Å². The van der Waals surface area contributed by atoms with Crippen LogP contribution in [-0.2, 0) is 10.0 Å². The molecule has 0 amide bonds. The van der Waals surface area contributed by atoms with E-state index in [0.717, 1.165) is 29.7 Å². The Balaban J connectivity index is 2.21. The van der Waals surface area contributed by atoms with Gasteiger partial charge in [0.15, 0.2) is 0 Å². The Kier molecular flexibility index (Phi) is 4.66. The van der Waals surface area contributed by atoms with Gasteiger partial charge in [0, 0.05) is 30.7 Å². The minimum absolute atomic E-state index is 0.370. The summed E-state index contributed by atoms with van der Waals surface area (Å²) in [4.78, 5) is 2.63. The van der Waals surface area contributed by atoms with Gasteiger partial charge in [-0.05, 0) is 31.2 Å². The lowest BCUT2D eigenvalue weighted by Gasteiger charge is -2.33. The van der Waals surface area contributed by atoms with Crippen LogP contribution in [0.25, 0.3) is 0 Å². The van der Waals surface area contributed by atoms with Crippen molar-refractivity contribution in [2.45, 2.75) is 18.7 Å². The smallest absolute Gasteiger partial charge is 0.243 e. The number of nitrogens with zero attached hydrogens (tertiary/aromatic N) is 2. The van der Waals surface area contributed by atoms with Gasteiger partial charge in [0.05, 0.1) is 4.90 Å². The number of halogens is 1. The summed E-state index contributed by atoms with van der Waals surface area (Å²) in [7, 11) is -3.36. The number of rotatable bonds is 3. The average Bonchev–Trinajstić information content (AvgIpc) is 2.41. The zero-order valence-corrected chi connectivity index (χ0v) is 13.7. The van der Waals surface area contributed by atoms with E-state index in [0.29, 0.717) is 18.0 Å². The van der Waals surface area contributed by atoms with E-state index in [1.807, 2.05) is 13.0 Å². The van der Waals surface area contributed by atoms with Crippen LogP contribution in [0.4, 0.5) is 0 Å². The third kappa shape index (κ3) is 3.18. The predicted octanol–water partition coefficient (Wildman–Crippen LogP) is 2.08. The summed E-state index contributed by atoms with van der Waals surface area (Å²) in [6.07, 6.45) is 0. The highest BCUT2D eigenvalue weighted by Gasteiger charge is 2.28. The van der Waals surface area contributed by atoms with Crippen molar-refractivity contribution in [2.75, 3.05) is 32.7 Å². The first-order valence-electron chi connectivity index (χ1n) is 6.44. The van der Waals surface area contributed by atoms with Crippen LogP contribution in [0.1, 0.15) is 12.5 Å². The van der Waals surface area contributed by atoms with Gasteiger partial charge in [0.1, 0.15) is 0 Å². The van der Waals surface area contributed by atoms with Crippen LogP contribution in [0, 0.1) is 6.92 Å². The molecule has 1 aliphatic heterocycles. The van der Waals surface area contributed by atoms with Crippen LogP contribution >= 0.6 is 15.9 Å². The normalized spacial score (nSPS) is 18.7. The summed E-state index contributed by atoms with van der Waals surface area (Å²) in [5, 5.41) is 0. The van der Waals surface area contributed by atoms with Crippen molar-refractivity contribution in [3.63, 3.8) is 0 Å². The summed E-state index contributed by atoms with van der Waals surface area (Å²) >= 11 is 3.39. The quantitative estimate of drug-likeness (QED) is 0.841. The molecule has 106 valence electrons. The van der Waals surface area contributed by atoms with Crippen molar-refractivity contribution in [3.05, 3.63) is 28.2 Å². The van der Waals surface area contributed by atoms with Gasteiger partial charge >= 0.3 is 0 Å². The van der Waals surface area contributed by atoms with Crippen molar-refractivity contribution in [2.24, 2.45) is 0 Å². The highest BCUT2D eigenvalue weighted by atomic mass is 79.9. The van der Waals surface area contributed by atoms with E-state index in [9.17, 15) is 8.42 Å².